The molecule has 1 fully saturated rings. The number of methoxy groups -OCH3 is 1. The van der Waals surface area contributed by atoms with Gasteiger partial charge < -0.3 is 10.1 Å². The number of carbonyl (C=O) groups excluding carboxylic acids is 1. The zero-order valence-electron chi connectivity index (χ0n) is 16.3. The molecule has 2 rings (SSSR count). The Bertz CT molecular complexity index is 907. The van der Waals surface area contributed by atoms with Crippen LogP contribution in [0.3, 0.4) is 0 Å². The average Bonchev–Trinajstić information content (AvgIpc) is 2.90. The molecule has 1 heterocycles. The zero-order valence-corrected chi connectivity index (χ0v) is 18.0. The summed E-state index contributed by atoms with van der Waals surface area (Å²) in [4.78, 5) is 12.3. The first kappa shape index (κ1) is 22.6. The molecule has 9 nitrogen and oxygen atoms in total. The lowest BCUT2D eigenvalue weighted by Gasteiger charge is -2.21. The molecule has 0 radical (unpaired) electrons. The van der Waals surface area contributed by atoms with Crippen molar-refractivity contribution in [1.29, 1.82) is 0 Å². The van der Waals surface area contributed by atoms with Crippen molar-refractivity contribution in [3.8, 4) is 5.75 Å². The molecule has 1 aromatic rings. The van der Waals surface area contributed by atoms with E-state index in [9.17, 15) is 21.6 Å². The third kappa shape index (κ3) is 5.66. The number of benzene rings is 1. The fourth-order valence-corrected chi connectivity index (χ4v) is 4.78. The smallest absolute Gasteiger partial charge is 0.243 e. The van der Waals surface area contributed by atoms with Crippen LogP contribution in [-0.2, 0) is 24.8 Å². The lowest BCUT2D eigenvalue weighted by Crippen LogP contribution is -2.34. The molecule has 1 aliphatic heterocycles. The van der Waals surface area contributed by atoms with E-state index in [0.717, 1.165) is 36.2 Å². The molecule has 0 bridgehead atoms. The predicted octanol–water partition coefficient (Wildman–Crippen LogP) is 1.09. The van der Waals surface area contributed by atoms with Crippen molar-refractivity contribution in [1.82, 2.24) is 8.61 Å². The van der Waals surface area contributed by atoms with E-state index in [4.69, 9.17) is 4.74 Å². The van der Waals surface area contributed by atoms with E-state index >= 15 is 0 Å². The van der Waals surface area contributed by atoms with Gasteiger partial charge in [-0.1, -0.05) is 12.8 Å². The molecule has 158 valence electrons. The summed E-state index contributed by atoms with van der Waals surface area (Å²) in [5.41, 5.74) is 0.172. The van der Waals surface area contributed by atoms with Crippen molar-refractivity contribution < 1.29 is 26.4 Å². The van der Waals surface area contributed by atoms with Crippen LogP contribution in [0, 0.1) is 0 Å². The molecular weight excluding hydrogens is 406 g/mol. The van der Waals surface area contributed by atoms with E-state index < -0.39 is 32.5 Å². The first-order valence-corrected chi connectivity index (χ1v) is 12.2. The highest BCUT2D eigenvalue weighted by Crippen LogP contribution is 2.29. The summed E-state index contributed by atoms with van der Waals surface area (Å²) >= 11 is 0. The van der Waals surface area contributed by atoms with Gasteiger partial charge in [-0.25, -0.2) is 16.8 Å². The number of hydrogen-bond acceptors (Lipinski definition) is 6. The predicted molar refractivity (Wildman–Crippen MR) is 106 cm³/mol. The minimum atomic E-state index is -3.69. The second-order valence-corrected chi connectivity index (χ2v) is 10.8. The summed E-state index contributed by atoms with van der Waals surface area (Å²) in [5, 5.41) is 2.54. The molecule has 0 aliphatic carbocycles. The third-order valence-electron chi connectivity index (χ3n) is 4.58. The maximum Gasteiger partial charge on any atom is 0.243 e. The third-order valence-corrected chi connectivity index (χ3v) is 7.74. The Morgan fingerprint density at radius 2 is 1.75 bits per heavy atom. The van der Waals surface area contributed by atoms with Crippen molar-refractivity contribution in [2.45, 2.75) is 30.6 Å². The monoisotopic (exact) mass is 433 g/mol. The van der Waals surface area contributed by atoms with Gasteiger partial charge in [0.15, 0.2) is 0 Å². The Morgan fingerprint density at radius 3 is 2.29 bits per heavy atom. The Balaban J connectivity index is 2.26. The Kier molecular flexibility index (Phi) is 7.43. The van der Waals surface area contributed by atoms with Gasteiger partial charge in [-0.15, -0.1) is 0 Å². The summed E-state index contributed by atoms with van der Waals surface area (Å²) in [5.74, 6) is -0.319. The molecule has 1 aliphatic rings. The number of hydrogen-bond donors (Lipinski definition) is 1. The van der Waals surface area contributed by atoms with Gasteiger partial charge in [0, 0.05) is 20.1 Å². The minimum Gasteiger partial charge on any atom is -0.495 e. The number of rotatable bonds is 7. The normalized spacial score (nSPS) is 16.6. The van der Waals surface area contributed by atoms with Gasteiger partial charge in [-0.2, -0.15) is 8.61 Å². The number of nitrogens with one attached hydrogen (secondary N) is 1. The fraction of sp³-hybridized carbons (Fsp3) is 0.588. The molecule has 0 saturated carbocycles. The SMILES string of the molecule is COc1ccc(S(=O)(=O)N2CCCCCC2)cc1NC(=O)CN(C)S(C)(=O)=O. The van der Waals surface area contributed by atoms with Gasteiger partial charge in [0.1, 0.15) is 5.75 Å². The summed E-state index contributed by atoms with van der Waals surface area (Å²) in [6.07, 6.45) is 4.64. The van der Waals surface area contributed by atoms with Gasteiger partial charge in [0.2, 0.25) is 26.0 Å². The number of amides is 1. The molecule has 0 aromatic heterocycles. The molecular formula is C17H27N3O6S2. The van der Waals surface area contributed by atoms with Crippen LogP contribution >= 0.6 is 0 Å². The maximum atomic E-state index is 13.0. The van der Waals surface area contributed by atoms with Crippen molar-refractivity contribution >= 4 is 31.6 Å². The van der Waals surface area contributed by atoms with Crippen LogP contribution < -0.4 is 10.1 Å². The van der Waals surface area contributed by atoms with Gasteiger partial charge >= 0.3 is 0 Å². The van der Waals surface area contributed by atoms with Gasteiger partial charge in [-0.05, 0) is 31.0 Å². The average molecular weight is 434 g/mol. The summed E-state index contributed by atoms with van der Waals surface area (Å²) < 4.78 is 56.4. The van der Waals surface area contributed by atoms with Gasteiger partial charge in [-0.3, -0.25) is 4.79 Å². The number of ether oxygens (including phenoxy) is 1. The number of anilines is 1. The second kappa shape index (κ2) is 9.21. The van der Waals surface area contributed by atoms with E-state index in [1.165, 1.54) is 36.7 Å². The zero-order chi connectivity index (χ0) is 20.9. The van der Waals surface area contributed by atoms with E-state index in [2.05, 4.69) is 5.32 Å². The lowest BCUT2D eigenvalue weighted by molar-refractivity contribution is -0.116. The Morgan fingerprint density at radius 1 is 1.14 bits per heavy atom. The number of likely N-dealkylation sites (N-methyl/N-ethyl adjacent to an activating group) is 1. The van der Waals surface area contributed by atoms with Crippen molar-refractivity contribution in [3.05, 3.63) is 18.2 Å². The Hall–Kier alpha value is -1.69. The molecule has 1 N–H and O–H groups in total. The minimum absolute atomic E-state index is 0.0574. The first-order valence-electron chi connectivity index (χ1n) is 8.95. The van der Waals surface area contributed by atoms with Gasteiger partial charge in [0.05, 0.1) is 30.5 Å². The van der Waals surface area contributed by atoms with E-state index in [1.807, 2.05) is 0 Å². The van der Waals surface area contributed by atoms with Crippen LogP contribution in [0.5, 0.6) is 5.75 Å². The van der Waals surface area contributed by atoms with Crippen LogP contribution in [-0.4, -0.2) is 71.4 Å². The van der Waals surface area contributed by atoms with E-state index in [0.29, 0.717) is 13.1 Å². The highest BCUT2D eigenvalue weighted by Gasteiger charge is 2.26. The van der Waals surface area contributed by atoms with E-state index in [-0.39, 0.29) is 16.3 Å². The molecule has 28 heavy (non-hydrogen) atoms. The maximum absolute atomic E-state index is 13.0. The number of nitrogens with zero attached hydrogens (tertiary/aromatic N) is 2. The largest absolute Gasteiger partial charge is 0.495 e. The van der Waals surface area contributed by atoms with Crippen LogP contribution in [0.4, 0.5) is 5.69 Å². The summed E-state index contributed by atoms with van der Waals surface area (Å²) in [6.45, 7) is 0.537. The fourth-order valence-electron chi connectivity index (χ4n) is 2.89. The topological polar surface area (TPSA) is 113 Å². The molecule has 11 heteroatoms. The molecule has 1 aromatic carbocycles. The Labute approximate surface area is 166 Å². The van der Waals surface area contributed by atoms with Crippen LogP contribution in [0.15, 0.2) is 23.1 Å². The number of sulfonamides is 2. The first-order chi connectivity index (χ1) is 13.1. The lowest BCUT2D eigenvalue weighted by atomic mass is 10.2. The van der Waals surface area contributed by atoms with Crippen molar-refractivity contribution in [2.75, 3.05) is 45.4 Å². The number of carbonyl (C=O) groups is 1. The second-order valence-electron chi connectivity index (χ2n) is 6.75. The molecule has 0 unspecified atom stereocenters. The van der Waals surface area contributed by atoms with Crippen molar-refractivity contribution in [2.24, 2.45) is 0 Å². The summed E-state index contributed by atoms with van der Waals surface area (Å²) in [7, 11) is -4.53. The molecule has 0 atom stereocenters. The highest BCUT2D eigenvalue weighted by atomic mass is 32.2. The highest BCUT2D eigenvalue weighted by molar-refractivity contribution is 7.89. The molecule has 0 spiro atoms. The van der Waals surface area contributed by atoms with Gasteiger partial charge in [0.25, 0.3) is 0 Å². The van der Waals surface area contributed by atoms with Crippen LogP contribution in [0.1, 0.15) is 25.7 Å². The van der Waals surface area contributed by atoms with Crippen molar-refractivity contribution in [3.63, 3.8) is 0 Å². The van der Waals surface area contributed by atoms with E-state index in [1.54, 1.807) is 0 Å². The van der Waals surface area contributed by atoms with Crippen LogP contribution in [0.25, 0.3) is 0 Å². The van der Waals surface area contributed by atoms with Crippen LogP contribution in [0.2, 0.25) is 0 Å². The summed E-state index contributed by atoms with van der Waals surface area (Å²) in [6, 6.07) is 4.26. The molecule has 1 amide bonds. The quantitative estimate of drug-likeness (QED) is 0.689. The standard InChI is InChI=1S/C17H27N3O6S2/c1-19(27(3,22)23)13-17(21)18-15-12-14(8-9-16(15)26-2)28(24,25)20-10-6-4-5-7-11-20/h8-9,12H,4-7,10-11,13H2,1-3H3,(H,18,21). The molecule has 1 saturated heterocycles.